The van der Waals surface area contributed by atoms with E-state index in [9.17, 15) is 14.7 Å². The third-order valence-corrected chi connectivity index (χ3v) is 6.70. The highest BCUT2D eigenvalue weighted by Gasteiger charge is 2.35. The highest BCUT2D eigenvalue weighted by atomic mass is 16.5. The van der Waals surface area contributed by atoms with Gasteiger partial charge in [-0.15, -0.1) is 0 Å². The van der Waals surface area contributed by atoms with Gasteiger partial charge in [0.1, 0.15) is 11.4 Å². The Balaban J connectivity index is 2.19. The normalized spacial score (nSPS) is 12.5. The van der Waals surface area contributed by atoms with E-state index in [0.717, 1.165) is 51.4 Å². The first-order valence-corrected chi connectivity index (χ1v) is 15.2. The van der Waals surface area contributed by atoms with Crippen LogP contribution in [-0.4, -0.2) is 42.2 Å². The molecular weight excluding hydrogens is 512 g/mol. The van der Waals surface area contributed by atoms with Gasteiger partial charge in [0.05, 0.1) is 5.56 Å². The van der Waals surface area contributed by atoms with E-state index in [-0.39, 0.29) is 36.2 Å². The molecule has 226 valence electrons. The number of nitrogens with one attached hydrogen (secondary N) is 2. The average Bonchev–Trinajstić information content (AvgIpc) is 2.98. The minimum Gasteiger partial charge on any atom is -0.507 e. The zero-order valence-corrected chi connectivity index (χ0v) is 25.4. The van der Waals surface area contributed by atoms with Gasteiger partial charge in [-0.25, -0.2) is 0 Å². The first-order valence-electron chi connectivity index (χ1n) is 15.2. The Bertz CT molecular complexity index is 1000. The van der Waals surface area contributed by atoms with Crippen molar-refractivity contribution in [2.24, 2.45) is 0 Å². The summed E-state index contributed by atoms with van der Waals surface area (Å²) in [5.74, 6) is -0.602. The number of benzene rings is 1. The summed E-state index contributed by atoms with van der Waals surface area (Å²) < 4.78 is 6.10. The van der Waals surface area contributed by atoms with E-state index in [1.54, 1.807) is 18.2 Å². The van der Waals surface area contributed by atoms with Crippen LogP contribution >= 0.6 is 0 Å². The molecule has 0 radical (unpaired) electrons. The highest BCUT2D eigenvalue weighted by molar-refractivity contribution is 5.96. The Morgan fingerprint density at radius 3 is 1.85 bits per heavy atom. The second kappa shape index (κ2) is 23.3. The largest absolute Gasteiger partial charge is 0.507 e. The van der Waals surface area contributed by atoms with Crippen LogP contribution in [0.4, 0.5) is 0 Å². The van der Waals surface area contributed by atoms with Crippen molar-refractivity contribution >= 4 is 11.8 Å². The SMILES string of the molecule is CC/C=C\C/C=C\C/C=C\C/C=C\C/C=C\CCCCOC(CC)(CC)C(=O)NCCNC(=O)c1ccccc1O. The molecule has 41 heavy (non-hydrogen) atoms. The van der Waals surface area contributed by atoms with Crippen LogP contribution in [0.3, 0.4) is 0 Å². The number of rotatable bonds is 22. The summed E-state index contributed by atoms with van der Waals surface area (Å²) in [4.78, 5) is 25.1. The number of hydrogen-bond donors (Lipinski definition) is 3. The quantitative estimate of drug-likeness (QED) is 0.0993. The zero-order valence-electron chi connectivity index (χ0n) is 25.4. The first-order chi connectivity index (χ1) is 20.0. The third-order valence-electron chi connectivity index (χ3n) is 6.70. The lowest BCUT2D eigenvalue weighted by Gasteiger charge is -2.30. The fourth-order valence-corrected chi connectivity index (χ4v) is 4.12. The number of unbranched alkanes of at least 4 members (excludes halogenated alkanes) is 2. The van der Waals surface area contributed by atoms with Crippen LogP contribution in [0.2, 0.25) is 0 Å². The Morgan fingerprint density at radius 2 is 1.29 bits per heavy atom. The number of carbonyl (C=O) groups is 2. The molecule has 1 aromatic carbocycles. The van der Waals surface area contributed by atoms with Gasteiger partial charge >= 0.3 is 0 Å². The molecule has 0 unspecified atom stereocenters. The lowest BCUT2D eigenvalue weighted by Crippen LogP contribution is -2.50. The lowest BCUT2D eigenvalue weighted by molar-refractivity contribution is -0.148. The number of aromatic hydroxyl groups is 1. The monoisotopic (exact) mass is 564 g/mol. The Kier molecular flexibility index (Phi) is 20.3. The molecule has 2 amide bonds. The maximum atomic E-state index is 12.9. The maximum absolute atomic E-state index is 12.9. The summed E-state index contributed by atoms with van der Waals surface area (Å²) in [5, 5.41) is 15.4. The van der Waals surface area contributed by atoms with Gasteiger partial charge in [-0.05, 0) is 76.3 Å². The molecule has 0 aliphatic carbocycles. The fourth-order valence-electron chi connectivity index (χ4n) is 4.12. The summed E-state index contributed by atoms with van der Waals surface area (Å²) in [5.41, 5.74) is -0.651. The van der Waals surface area contributed by atoms with Crippen LogP contribution < -0.4 is 10.6 Å². The molecule has 0 spiro atoms. The summed E-state index contributed by atoms with van der Waals surface area (Å²) >= 11 is 0. The molecule has 0 bridgehead atoms. The Hall–Kier alpha value is -3.38. The van der Waals surface area contributed by atoms with Gasteiger partial charge in [0, 0.05) is 19.7 Å². The van der Waals surface area contributed by atoms with E-state index in [1.165, 1.54) is 6.07 Å². The molecule has 0 aromatic heterocycles. The molecule has 0 aliphatic heterocycles. The van der Waals surface area contributed by atoms with Gasteiger partial charge in [0.25, 0.3) is 11.8 Å². The van der Waals surface area contributed by atoms with E-state index in [0.29, 0.717) is 19.4 Å². The summed E-state index contributed by atoms with van der Waals surface area (Å²) in [6, 6.07) is 6.37. The summed E-state index contributed by atoms with van der Waals surface area (Å²) in [7, 11) is 0. The molecule has 0 aliphatic rings. The predicted molar refractivity (Wildman–Crippen MR) is 171 cm³/mol. The van der Waals surface area contributed by atoms with Crippen LogP contribution in [0.5, 0.6) is 5.75 Å². The summed E-state index contributed by atoms with van der Waals surface area (Å²) in [6.45, 7) is 7.14. The molecule has 0 saturated heterocycles. The Labute approximate surface area is 248 Å². The van der Waals surface area contributed by atoms with Gasteiger partial charge in [-0.2, -0.15) is 0 Å². The second-order valence-corrected chi connectivity index (χ2v) is 9.78. The highest BCUT2D eigenvalue weighted by Crippen LogP contribution is 2.22. The van der Waals surface area contributed by atoms with E-state index in [1.807, 2.05) is 13.8 Å². The smallest absolute Gasteiger partial charge is 0.255 e. The molecule has 3 N–H and O–H groups in total. The fraction of sp³-hybridized carbons (Fsp3) is 0.486. The number of ether oxygens (including phenoxy) is 1. The van der Waals surface area contributed by atoms with Crippen molar-refractivity contribution in [3.63, 3.8) is 0 Å². The van der Waals surface area contributed by atoms with Crippen LogP contribution in [0.25, 0.3) is 0 Å². The molecule has 1 rings (SSSR count). The molecule has 0 fully saturated rings. The van der Waals surface area contributed by atoms with Crippen molar-refractivity contribution in [3.05, 3.63) is 90.6 Å². The van der Waals surface area contributed by atoms with Crippen LogP contribution in [0, 0.1) is 0 Å². The van der Waals surface area contributed by atoms with Crippen molar-refractivity contribution in [1.82, 2.24) is 10.6 Å². The minimum atomic E-state index is -0.862. The van der Waals surface area contributed by atoms with E-state index < -0.39 is 5.60 Å². The van der Waals surface area contributed by atoms with Crippen molar-refractivity contribution < 1.29 is 19.4 Å². The summed E-state index contributed by atoms with van der Waals surface area (Å²) in [6.07, 6.45) is 31.1. The predicted octanol–water partition coefficient (Wildman–Crippen LogP) is 7.74. The molecule has 0 atom stereocenters. The van der Waals surface area contributed by atoms with Gasteiger partial charge in [0.2, 0.25) is 0 Å². The molecule has 6 nitrogen and oxygen atoms in total. The molecular formula is C35H52N2O4. The number of phenols is 1. The van der Waals surface area contributed by atoms with Crippen molar-refractivity contribution in [1.29, 1.82) is 0 Å². The molecule has 0 heterocycles. The number of allylic oxidation sites excluding steroid dienone is 10. The van der Waals surface area contributed by atoms with Crippen molar-refractivity contribution in [2.75, 3.05) is 19.7 Å². The van der Waals surface area contributed by atoms with Crippen molar-refractivity contribution in [2.45, 2.75) is 90.6 Å². The third kappa shape index (κ3) is 15.9. The Morgan fingerprint density at radius 1 is 0.756 bits per heavy atom. The lowest BCUT2D eigenvalue weighted by atomic mass is 9.95. The minimum absolute atomic E-state index is 0.0697. The average molecular weight is 565 g/mol. The van der Waals surface area contributed by atoms with E-state index in [4.69, 9.17) is 4.74 Å². The zero-order chi connectivity index (χ0) is 30.0. The first kappa shape index (κ1) is 35.6. The molecule has 6 heteroatoms. The van der Waals surface area contributed by atoms with Gasteiger partial charge in [-0.1, -0.05) is 93.7 Å². The maximum Gasteiger partial charge on any atom is 0.255 e. The van der Waals surface area contributed by atoms with Gasteiger partial charge in [-0.3, -0.25) is 9.59 Å². The standard InChI is InChI=1S/C35H52N2O4/c1-4-7-8-9-10-11-12-13-14-15-16-17-18-19-20-21-22-25-30-41-35(5-2,6-3)34(40)37-29-28-36-33(39)31-26-23-24-27-32(31)38/h7-8,10-11,13-14,16-17,19-20,23-24,26-27,38H,4-6,9,12,15,18,21-22,25,28-30H2,1-3H3,(H,36,39)(H,37,40)/b8-7-,11-10-,14-13-,17-16-,20-19-. The van der Waals surface area contributed by atoms with Crippen LogP contribution in [-0.2, 0) is 9.53 Å². The van der Waals surface area contributed by atoms with Crippen molar-refractivity contribution in [3.8, 4) is 5.75 Å². The van der Waals surface area contributed by atoms with E-state index >= 15 is 0 Å². The number of amides is 2. The van der Waals surface area contributed by atoms with Gasteiger partial charge < -0.3 is 20.5 Å². The number of para-hydroxylation sites is 1. The van der Waals surface area contributed by atoms with Gasteiger partial charge in [0.15, 0.2) is 0 Å². The number of carbonyl (C=O) groups excluding carboxylic acids is 2. The molecule has 0 saturated carbocycles. The van der Waals surface area contributed by atoms with E-state index in [2.05, 4.69) is 78.3 Å². The molecule has 1 aromatic rings. The van der Waals surface area contributed by atoms with Crippen LogP contribution in [0.15, 0.2) is 85.0 Å². The second-order valence-electron chi connectivity index (χ2n) is 9.78. The van der Waals surface area contributed by atoms with Crippen LogP contribution in [0.1, 0.15) is 95.3 Å². The number of hydrogen-bond acceptors (Lipinski definition) is 4. The number of phenolic OH excluding ortho intramolecular Hbond substituents is 1. The topological polar surface area (TPSA) is 87.7 Å².